The molecule has 0 saturated carbocycles. The summed E-state index contributed by atoms with van der Waals surface area (Å²) >= 11 is 1.04. The van der Waals surface area contributed by atoms with Gasteiger partial charge in [-0.25, -0.2) is 4.79 Å². The lowest BCUT2D eigenvalue weighted by Gasteiger charge is -2.21. The minimum absolute atomic E-state index is 0.0957. The van der Waals surface area contributed by atoms with E-state index in [4.69, 9.17) is 5.11 Å². The van der Waals surface area contributed by atoms with E-state index in [0.717, 1.165) is 22.2 Å². The van der Waals surface area contributed by atoms with Crippen LogP contribution in [0.1, 0.15) is 18.4 Å². The summed E-state index contributed by atoms with van der Waals surface area (Å²) in [6.45, 7) is 0. The van der Waals surface area contributed by atoms with E-state index in [1.54, 1.807) is 24.5 Å². The van der Waals surface area contributed by atoms with E-state index >= 15 is 0 Å². The highest BCUT2D eigenvalue weighted by molar-refractivity contribution is 7.99. The van der Waals surface area contributed by atoms with E-state index in [1.165, 1.54) is 0 Å². The normalized spacial score (nSPS) is 16.7. The summed E-state index contributed by atoms with van der Waals surface area (Å²) < 4.78 is 0. The second kappa shape index (κ2) is 5.83. The molecule has 2 amide bonds. The van der Waals surface area contributed by atoms with Crippen LogP contribution >= 0.6 is 11.8 Å². The highest BCUT2D eigenvalue weighted by atomic mass is 32.2. The summed E-state index contributed by atoms with van der Waals surface area (Å²) in [5, 5.41) is 8.01. The number of imide groups is 1. The van der Waals surface area contributed by atoms with E-state index in [-0.39, 0.29) is 12.8 Å². The quantitative estimate of drug-likeness (QED) is 0.805. The summed E-state index contributed by atoms with van der Waals surface area (Å²) in [5.74, 6) is -1.61. The van der Waals surface area contributed by atoms with Gasteiger partial charge in [0, 0.05) is 31.0 Å². The average molecular weight is 280 g/mol. The first kappa shape index (κ1) is 13.5. The number of carbonyl (C=O) groups is 3. The molecular weight excluding hydrogens is 268 g/mol. The first-order valence-electron chi connectivity index (χ1n) is 5.68. The fourth-order valence-electron chi connectivity index (χ4n) is 1.77. The fraction of sp³-hybridized carbons (Fsp3) is 0.333. The summed E-state index contributed by atoms with van der Waals surface area (Å²) in [5.41, 5.74) is 0.894. The van der Waals surface area contributed by atoms with Gasteiger partial charge in [0.2, 0.25) is 11.8 Å². The number of likely N-dealkylation sites (tertiary alicyclic amines) is 1. The van der Waals surface area contributed by atoms with Crippen LogP contribution in [0.15, 0.2) is 24.5 Å². The fourth-order valence-corrected chi connectivity index (χ4v) is 2.84. The molecule has 19 heavy (non-hydrogen) atoms. The van der Waals surface area contributed by atoms with Gasteiger partial charge in [-0.2, -0.15) is 0 Å². The van der Waals surface area contributed by atoms with Crippen molar-refractivity contribution in [3.8, 4) is 0 Å². The third-order valence-electron chi connectivity index (χ3n) is 2.69. The number of pyridine rings is 1. The molecule has 1 aliphatic heterocycles. The smallest absolute Gasteiger partial charge is 0.337 e. The maximum absolute atomic E-state index is 11.6. The van der Waals surface area contributed by atoms with Crippen LogP contribution in [0.5, 0.6) is 0 Å². The van der Waals surface area contributed by atoms with Gasteiger partial charge in [-0.05, 0) is 17.7 Å². The Morgan fingerprint density at radius 2 is 1.89 bits per heavy atom. The zero-order valence-corrected chi connectivity index (χ0v) is 10.8. The van der Waals surface area contributed by atoms with Crippen molar-refractivity contribution in [2.45, 2.75) is 24.0 Å². The minimum Gasteiger partial charge on any atom is -0.479 e. The molecule has 6 nitrogen and oxygen atoms in total. The molecule has 100 valence electrons. The van der Waals surface area contributed by atoms with E-state index in [1.807, 2.05) is 0 Å². The first-order valence-corrected chi connectivity index (χ1v) is 6.72. The predicted molar refractivity (Wildman–Crippen MR) is 68.0 cm³/mol. The van der Waals surface area contributed by atoms with Crippen molar-refractivity contribution in [2.75, 3.05) is 0 Å². The molecule has 1 aromatic rings. The Morgan fingerprint density at radius 3 is 2.42 bits per heavy atom. The monoisotopic (exact) mass is 280 g/mol. The van der Waals surface area contributed by atoms with Crippen molar-refractivity contribution in [3.63, 3.8) is 0 Å². The second-order valence-corrected chi connectivity index (χ2v) is 5.08. The lowest BCUT2D eigenvalue weighted by molar-refractivity contribution is -0.150. The lowest BCUT2D eigenvalue weighted by atomic mass is 10.3. The van der Waals surface area contributed by atoms with Gasteiger partial charge >= 0.3 is 5.97 Å². The van der Waals surface area contributed by atoms with Gasteiger partial charge in [0.05, 0.1) is 0 Å². The van der Waals surface area contributed by atoms with Gasteiger partial charge in [0.25, 0.3) is 0 Å². The van der Waals surface area contributed by atoms with Crippen molar-refractivity contribution < 1.29 is 19.5 Å². The van der Waals surface area contributed by atoms with Gasteiger partial charge in [-0.3, -0.25) is 19.5 Å². The van der Waals surface area contributed by atoms with Gasteiger partial charge in [0.1, 0.15) is 0 Å². The highest BCUT2D eigenvalue weighted by Gasteiger charge is 2.39. The molecule has 1 unspecified atom stereocenters. The molecule has 2 rings (SSSR count). The Bertz CT molecular complexity index is 490. The van der Waals surface area contributed by atoms with Crippen LogP contribution in [0.2, 0.25) is 0 Å². The van der Waals surface area contributed by atoms with Gasteiger partial charge in [-0.15, -0.1) is 11.8 Å². The largest absolute Gasteiger partial charge is 0.479 e. The topological polar surface area (TPSA) is 87.6 Å². The molecule has 1 fully saturated rings. The van der Waals surface area contributed by atoms with Crippen LogP contribution in [0.4, 0.5) is 0 Å². The van der Waals surface area contributed by atoms with Crippen LogP contribution in [0, 0.1) is 0 Å². The lowest BCUT2D eigenvalue weighted by Crippen LogP contribution is -2.42. The number of hydrogen-bond donors (Lipinski definition) is 1. The molecule has 1 N–H and O–H groups in total. The molecule has 0 radical (unpaired) electrons. The number of amides is 2. The zero-order valence-electron chi connectivity index (χ0n) is 9.98. The number of aromatic nitrogens is 1. The Labute approximate surface area is 113 Å². The molecule has 0 aliphatic carbocycles. The van der Waals surface area contributed by atoms with Gasteiger partial charge in [0.15, 0.2) is 5.37 Å². The maximum atomic E-state index is 11.6. The third-order valence-corrected chi connectivity index (χ3v) is 3.92. The number of thioether (sulfide) groups is 1. The molecule has 1 saturated heterocycles. The molecule has 2 heterocycles. The number of hydrogen-bond acceptors (Lipinski definition) is 5. The summed E-state index contributed by atoms with van der Waals surface area (Å²) in [6.07, 6.45) is 3.41. The van der Waals surface area contributed by atoms with Crippen molar-refractivity contribution in [1.82, 2.24) is 9.88 Å². The molecule has 1 aliphatic rings. The molecule has 0 aromatic carbocycles. The van der Waals surface area contributed by atoms with Crippen LogP contribution in [-0.4, -0.2) is 38.1 Å². The van der Waals surface area contributed by atoms with Crippen molar-refractivity contribution in [1.29, 1.82) is 0 Å². The molecule has 0 spiro atoms. The Kier molecular flexibility index (Phi) is 4.16. The Morgan fingerprint density at radius 1 is 1.32 bits per heavy atom. The van der Waals surface area contributed by atoms with E-state index in [9.17, 15) is 14.4 Å². The highest BCUT2D eigenvalue weighted by Crippen LogP contribution is 2.26. The molecular formula is C12H12N2O4S. The summed E-state index contributed by atoms with van der Waals surface area (Å²) in [4.78, 5) is 39.1. The predicted octanol–water partition coefficient (Wildman–Crippen LogP) is 0.875. The standard InChI is InChI=1S/C12H12N2O4S/c15-9-1-2-10(16)14(9)11(12(17)18)19-7-8-3-5-13-6-4-8/h3-6,11H,1-2,7H2,(H,17,18). The minimum atomic E-state index is -1.18. The number of aliphatic carboxylic acids is 1. The summed E-state index contributed by atoms with van der Waals surface area (Å²) in [7, 11) is 0. The number of carboxylic acids is 1. The van der Waals surface area contributed by atoms with Crippen LogP contribution in [0.3, 0.4) is 0 Å². The van der Waals surface area contributed by atoms with Crippen molar-refractivity contribution in [2.24, 2.45) is 0 Å². The van der Waals surface area contributed by atoms with Gasteiger partial charge < -0.3 is 5.11 Å². The summed E-state index contributed by atoms with van der Waals surface area (Å²) in [6, 6.07) is 3.53. The number of nitrogens with zero attached hydrogens (tertiary/aromatic N) is 2. The average Bonchev–Trinajstić information content (AvgIpc) is 2.72. The van der Waals surface area contributed by atoms with E-state index < -0.39 is 23.2 Å². The van der Waals surface area contributed by atoms with Crippen LogP contribution in [0.25, 0.3) is 0 Å². The van der Waals surface area contributed by atoms with Crippen LogP contribution in [-0.2, 0) is 20.1 Å². The second-order valence-electron chi connectivity index (χ2n) is 4.01. The zero-order chi connectivity index (χ0) is 13.8. The van der Waals surface area contributed by atoms with Crippen molar-refractivity contribution >= 4 is 29.5 Å². The molecule has 7 heteroatoms. The maximum Gasteiger partial charge on any atom is 0.337 e. The number of rotatable bonds is 5. The van der Waals surface area contributed by atoms with Gasteiger partial charge in [-0.1, -0.05) is 0 Å². The Balaban J connectivity index is 2.07. The third kappa shape index (κ3) is 3.11. The number of carboxylic acid groups (broad SMARTS) is 1. The SMILES string of the molecule is O=C(O)C(SCc1ccncc1)N1C(=O)CCC1=O. The number of carbonyl (C=O) groups excluding carboxylic acids is 2. The van der Waals surface area contributed by atoms with E-state index in [0.29, 0.717) is 5.75 Å². The molecule has 1 atom stereocenters. The first-order chi connectivity index (χ1) is 9.09. The molecule has 0 bridgehead atoms. The Hall–Kier alpha value is -1.89. The van der Waals surface area contributed by atoms with Crippen LogP contribution < -0.4 is 0 Å². The van der Waals surface area contributed by atoms with Crippen molar-refractivity contribution in [3.05, 3.63) is 30.1 Å². The molecule has 1 aromatic heterocycles. The van der Waals surface area contributed by atoms with E-state index in [2.05, 4.69) is 4.98 Å².